The van der Waals surface area contributed by atoms with E-state index in [-0.39, 0.29) is 5.75 Å². The van der Waals surface area contributed by atoms with Gasteiger partial charge in [-0.3, -0.25) is 0 Å². The molecule has 0 fully saturated rings. The molecule has 0 aliphatic rings. The molecule has 20 heavy (non-hydrogen) atoms. The summed E-state index contributed by atoms with van der Waals surface area (Å²) in [6.07, 6.45) is 0. The normalized spacial score (nSPS) is 10.2. The average Bonchev–Trinajstić information content (AvgIpc) is 2.43. The van der Waals surface area contributed by atoms with Crippen LogP contribution in [0.25, 0.3) is 0 Å². The Kier molecular flexibility index (Phi) is 4.41. The quantitative estimate of drug-likeness (QED) is 0.740. The molecule has 0 spiro atoms. The molecule has 0 N–H and O–H groups in total. The molecule has 0 heterocycles. The van der Waals surface area contributed by atoms with Crippen LogP contribution in [0.5, 0.6) is 11.5 Å². The number of benzene rings is 2. The number of ether oxygens (including phenoxy) is 1. The Hall–Kier alpha value is -1.86. The molecule has 0 saturated carbocycles. The van der Waals surface area contributed by atoms with Gasteiger partial charge in [-0.15, -0.1) is 0 Å². The Morgan fingerprint density at radius 2 is 1.85 bits per heavy atom. The lowest BCUT2D eigenvalue weighted by Gasteiger charge is -2.13. The van der Waals surface area contributed by atoms with E-state index in [2.05, 4.69) is 22.0 Å². The Morgan fingerprint density at radius 1 is 1.20 bits per heavy atom. The van der Waals surface area contributed by atoms with E-state index in [1.165, 1.54) is 6.07 Å². The van der Waals surface area contributed by atoms with E-state index in [0.29, 0.717) is 16.6 Å². The third-order valence-electron chi connectivity index (χ3n) is 2.95. The molecule has 0 unspecified atom stereocenters. The number of aryl methyl sites for hydroxylation is 2. The number of nitriles is 1. The predicted octanol–water partition coefficient (Wildman–Crippen LogP) is 5.00. The summed E-state index contributed by atoms with van der Waals surface area (Å²) in [7, 11) is 0. The Labute approximate surface area is 125 Å². The van der Waals surface area contributed by atoms with Gasteiger partial charge in [0.1, 0.15) is 5.75 Å². The van der Waals surface area contributed by atoms with Crippen molar-refractivity contribution in [2.75, 3.05) is 0 Å². The van der Waals surface area contributed by atoms with E-state index in [1.54, 1.807) is 18.2 Å². The maximum Gasteiger partial charge on any atom is 0.166 e. The Balaban J connectivity index is 2.38. The summed E-state index contributed by atoms with van der Waals surface area (Å²) in [5.41, 5.74) is 3.04. The largest absolute Gasteiger partial charge is 0.454 e. The van der Waals surface area contributed by atoms with Gasteiger partial charge in [0.15, 0.2) is 11.6 Å². The molecule has 0 saturated heterocycles. The summed E-state index contributed by atoms with van der Waals surface area (Å²) >= 11 is 3.28. The first-order valence-corrected chi connectivity index (χ1v) is 7.21. The van der Waals surface area contributed by atoms with E-state index >= 15 is 0 Å². The molecule has 0 radical (unpaired) electrons. The Bertz CT molecular complexity index is 668. The van der Waals surface area contributed by atoms with Gasteiger partial charge in [0, 0.05) is 5.33 Å². The summed E-state index contributed by atoms with van der Waals surface area (Å²) in [4.78, 5) is 0. The van der Waals surface area contributed by atoms with Crippen LogP contribution in [0.15, 0.2) is 30.3 Å². The fraction of sp³-hybridized carbons (Fsp3) is 0.188. The zero-order chi connectivity index (χ0) is 14.7. The molecule has 2 aromatic carbocycles. The van der Waals surface area contributed by atoms with Crippen LogP contribution in [0, 0.1) is 31.0 Å². The first-order valence-electron chi connectivity index (χ1n) is 6.08. The lowest BCUT2D eigenvalue weighted by atomic mass is 10.1. The molecule has 2 nitrogen and oxygen atoms in total. The molecular formula is C16H13BrFNO. The molecule has 4 heteroatoms. The molecule has 2 rings (SSSR count). The average molecular weight is 334 g/mol. The highest BCUT2D eigenvalue weighted by Crippen LogP contribution is 2.31. The van der Waals surface area contributed by atoms with Gasteiger partial charge < -0.3 is 4.74 Å². The fourth-order valence-electron chi connectivity index (χ4n) is 2.00. The minimum Gasteiger partial charge on any atom is -0.454 e. The second-order valence-electron chi connectivity index (χ2n) is 4.55. The van der Waals surface area contributed by atoms with Gasteiger partial charge in [-0.1, -0.05) is 22.0 Å². The Morgan fingerprint density at radius 3 is 2.35 bits per heavy atom. The number of nitrogens with zero attached hydrogens (tertiary/aromatic N) is 1. The zero-order valence-electron chi connectivity index (χ0n) is 11.2. The number of alkyl halides is 1. The minimum atomic E-state index is -0.398. The number of hydrogen-bond donors (Lipinski definition) is 0. The third kappa shape index (κ3) is 3.00. The van der Waals surface area contributed by atoms with Crippen LogP contribution in [0.2, 0.25) is 0 Å². The van der Waals surface area contributed by atoms with Gasteiger partial charge in [-0.25, -0.2) is 4.39 Å². The summed E-state index contributed by atoms with van der Waals surface area (Å²) in [5.74, 6) is 0.380. The maximum atomic E-state index is 13.9. The van der Waals surface area contributed by atoms with Crippen LogP contribution in [-0.4, -0.2) is 0 Å². The van der Waals surface area contributed by atoms with Gasteiger partial charge in [-0.05, 0) is 54.8 Å². The van der Waals surface area contributed by atoms with Crippen LogP contribution < -0.4 is 4.74 Å². The zero-order valence-corrected chi connectivity index (χ0v) is 12.8. The smallest absolute Gasteiger partial charge is 0.166 e. The monoisotopic (exact) mass is 333 g/mol. The second kappa shape index (κ2) is 6.06. The van der Waals surface area contributed by atoms with Gasteiger partial charge in [0.25, 0.3) is 0 Å². The number of rotatable bonds is 3. The topological polar surface area (TPSA) is 33.0 Å². The minimum absolute atomic E-state index is 0.186. The van der Waals surface area contributed by atoms with Crippen LogP contribution in [0.4, 0.5) is 4.39 Å². The summed E-state index contributed by atoms with van der Waals surface area (Å²) < 4.78 is 19.6. The molecule has 0 amide bonds. The maximum absolute atomic E-state index is 13.9. The van der Waals surface area contributed by atoms with Crippen molar-refractivity contribution < 1.29 is 9.13 Å². The highest BCUT2D eigenvalue weighted by molar-refractivity contribution is 9.08. The van der Waals surface area contributed by atoms with Gasteiger partial charge in [0.05, 0.1) is 11.6 Å². The van der Waals surface area contributed by atoms with Crippen molar-refractivity contribution in [3.05, 3.63) is 58.4 Å². The predicted molar refractivity (Wildman–Crippen MR) is 79.7 cm³/mol. The molecule has 0 aliphatic carbocycles. The van der Waals surface area contributed by atoms with Crippen LogP contribution >= 0.6 is 15.9 Å². The van der Waals surface area contributed by atoms with Crippen molar-refractivity contribution in [3.8, 4) is 17.6 Å². The van der Waals surface area contributed by atoms with Gasteiger partial charge in [-0.2, -0.15) is 5.26 Å². The van der Waals surface area contributed by atoms with Crippen LogP contribution in [0.3, 0.4) is 0 Å². The first-order chi connectivity index (χ1) is 9.55. The van der Waals surface area contributed by atoms with Crippen molar-refractivity contribution in [2.24, 2.45) is 0 Å². The molecule has 102 valence electrons. The highest BCUT2D eigenvalue weighted by atomic mass is 79.9. The van der Waals surface area contributed by atoms with Crippen molar-refractivity contribution in [1.82, 2.24) is 0 Å². The van der Waals surface area contributed by atoms with E-state index < -0.39 is 5.82 Å². The fourth-order valence-corrected chi connectivity index (χ4v) is 2.34. The molecule has 0 aliphatic heterocycles. The summed E-state index contributed by atoms with van der Waals surface area (Å²) in [6.45, 7) is 3.68. The van der Waals surface area contributed by atoms with Crippen LogP contribution in [0.1, 0.15) is 22.3 Å². The lowest BCUT2D eigenvalue weighted by molar-refractivity contribution is 0.436. The lowest BCUT2D eigenvalue weighted by Crippen LogP contribution is -1.95. The van der Waals surface area contributed by atoms with Crippen molar-refractivity contribution in [2.45, 2.75) is 19.2 Å². The third-order valence-corrected chi connectivity index (χ3v) is 3.60. The van der Waals surface area contributed by atoms with Gasteiger partial charge in [0.2, 0.25) is 0 Å². The summed E-state index contributed by atoms with van der Waals surface area (Å²) in [5, 5.41) is 9.51. The molecule has 2 aromatic rings. The number of hydrogen-bond acceptors (Lipinski definition) is 2. The molecule has 0 aromatic heterocycles. The molecule has 0 bridgehead atoms. The van der Waals surface area contributed by atoms with E-state index in [1.807, 2.05) is 19.9 Å². The van der Waals surface area contributed by atoms with E-state index in [9.17, 15) is 4.39 Å². The van der Waals surface area contributed by atoms with Crippen molar-refractivity contribution in [3.63, 3.8) is 0 Å². The number of halogens is 2. The molecular weight excluding hydrogens is 321 g/mol. The van der Waals surface area contributed by atoms with E-state index in [4.69, 9.17) is 10.00 Å². The van der Waals surface area contributed by atoms with Crippen molar-refractivity contribution >= 4 is 15.9 Å². The second-order valence-corrected chi connectivity index (χ2v) is 5.11. The highest BCUT2D eigenvalue weighted by Gasteiger charge is 2.11. The SMILES string of the molecule is Cc1cc(C#N)cc(C)c1Oc1ccc(CBr)cc1F. The van der Waals surface area contributed by atoms with Crippen LogP contribution in [-0.2, 0) is 5.33 Å². The molecule has 0 atom stereocenters. The summed E-state index contributed by atoms with van der Waals surface area (Å²) in [6, 6.07) is 10.4. The van der Waals surface area contributed by atoms with E-state index in [0.717, 1.165) is 16.7 Å². The standard InChI is InChI=1S/C16H13BrFNO/c1-10-5-13(9-19)6-11(2)16(10)20-15-4-3-12(8-17)7-14(15)18/h3-7H,8H2,1-2H3. The van der Waals surface area contributed by atoms with Gasteiger partial charge >= 0.3 is 0 Å². The van der Waals surface area contributed by atoms with Crippen molar-refractivity contribution in [1.29, 1.82) is 5.26 Å². The first kappa shape index (κ1) is 14.5.